The second kappa shape index (κ2) is 4.69. The van der Waals surface area contributed by atoms with Crippen molar-refractivity contribution in [2.24, 2.45) is 13.0 Å². The molecule has 0 aliphatic heterocycles. The summed E-state index contributed by atoms with van der Waals surface area (Å²) in [5.74, 6) is -1.32. The van der Waals surface area contributed by atoms with Gasteiger partial charge in [0, 0.05) is 19.3 Å². The van der Waals surface area contributed by atoms with Gasteiger partial charge in [0.05, 0.1) is 12.2 Å². The summed E-state index contributed by atoms with van der Waals surface area (Å²) in [6.45, 7) is 0. The quantitative estimate of drug-likeness (QED) is 0.801. The lowest BCUT2D eigenvalue weighted by atomic mass is 10.1. The molecular weight excluding hydrogens is 258 g/mol. The molecule has 0 unspecified atom stereocenters. The highest BCUT2D eigenvalue weighted by Gasteiger charge is 2.32. The molecule has 7 nitrogen and oxygen atoms in total. The van der Waals surface area contributed by atoms with Gasteiger partial charge in [-0.3, -0.25) is 4.79 Å². The molecule has 1 heterocycles. The maximum absolute atomic E-state index is 11.9. The number of rotatable bonds is 4. The SMILES string of the molecule is Cn1cnc(S(=O)(=O)N[C@H]2CC[C@@H](C(=O)O)C2)c1. The van der Waals surface area contributed by atoms with E-state index in [9.17, 15) is 13.2 Å². The van der Waals surface area contributed by atoms with E-state index in [-0.39, 0.29) is 11.1 Å². The molecule has 1 fully saturated rings. The summed E-state index contributed by atoms with van der Waals surface area (Å²) < 4.78 is 27.9. The lowest BCUT2D eigenvalue weighted by Crippen LogP contribution is -2.33. The van der Waals surface area contributed by atoms with Crippen molar-refractivity contribution in [1.82, 2.24) is 14.3 Å². The fourth-order valence-corrected chi connectivity index (χ4v) is 3.38. The number of carboxylic acids is 1. The summed E-state index contributed by atoms with van der Waals surface area (Å²) in [5.41, 5.74) is 0. The Hall–Kier alpha value is -1.41. The number of aliphatic carboxylic acids is 1. The van der Waals surface area contributed by atoms with Gasteiger partial charge in [-0.15, -0.1) is 0 Å². The molecule has 1 aromatic rings. The molecule has 1 aliphatic rings. The number of carboxylic acid groups (broad SMARTS) is 1. The molecule has 1 saturated carbocycles. The topological polar surface area (TPSA) is 101 Å². The van der Waals surface area contributed by atoms with Crippen molar-refractivity contribution in [3.05, 3.63) is 12.5 Å². The lowest BCUT2D eigenvalue weighted by molar-refractivity contribution is -0.141. The van der Waals surface area contributed by atoms with Gasteiger partial charge in [-0.1, -0.05) is 0 Å². The van der Waals surface area contributed by atoms with Crippen LogP contribution in [0.3, 0.4) is 0 Å². The van der Waals surface area contributed by atoms with Crippen LogP contribution in [0.25, 0.3) is 0 Å². The number of hydrogen-bond acceptors (Lipinski definition) is 4. The average Bonchev–Trinajstić information content (AvgIpc) is 2.86. The Balaban J connectivity index is 2.04. The highest BCUT2D eigenvalue weighted by atomic mass is 32.2. The first-order valence-electron chi connectivity index (χ1n) is 5.61. The maximum atomic E-state index is 11.9. The van der Waals surface area contributed by atoms with Gasteiger partial charge < -0.3 is 9.67 Å². The van der Waals surface area contributed by atoms with E-state index >= 15 is 0 Å². The molecule has 2 atom stereocenters. The van der Waals surface area contributed by atoms with E-state index in [1.807, 2.05) is 0 Å². The minimum absolute atomic E-state index is 0.0382. The molecule has 2 N–H and O–H groups in total. The Morgan fingerprint density at radius 1 is 1.56 bits per heavy atom. The fraction of sp³-hybridized carbons (Fsp3) is 0.600. The van der Waals surface area contributed by atoms with Crippen molar-refractivity contribution >= 4 is 16.0 Å². The van der Waals surface area contributed by atoms with Crippen LogP contribution in [0, 0.1) is 5.92 Å². The van der Waals surface area contributed by atoms with E-state index in [0.717, 1.165) is 0 Å². The third kappa shape index (κ3) is 2.70. The van der Waals surface area contributed by atoms with Gasteiger partial charge in [0.2, 0.25) is 0 Å². The van der Waals surface area contributed by atoms with Gasteiger partial charge in [-0.05, 0) is 19.3 Å². The third-order valence-electron chi connectivity index (χ3n) is 3.06. The van der Waals surface area contributed by atoms with Crippen molar-refractivity contribution in [1.29, 1.82) is 0 Å². The van der Waals surface area contributed by atoms with E-state index in [2.05, 4.69) is 9.71 Å². The largest absolute Gasteiger partial charge is 0.481 e. The zero-order valence-electron chi connectivity index (χ0n) is 9.91. The molecule has 1 aliphatic carbocycles. The van der Waals surface area contributed by atoms with Crippen LogP contribution in [-0.4, -0.2) is 35.1 Å². The molecule has 0 bridgehead atoms. The van der Waals surface area contributed by atoms with Gasteiger partial charge in [-0.25, -0.2) is 18.1 Å². The number of nitrogens with zero attached hydrogens (tertiary/aromatic N) is 2. The van der Waals surface area contributed by atoms with Crippen LogP contribution in [0.15, 0.2) is 17.6 Å². The van der Waals surface area contributed by atoms with Gasteiger partial charge in [0.1, 0.15) is 0 Å². The average molecular weight is 273 g/mol. The Labute approximate surface area is 105 Å². The summed E-state index contributed by atoms with van der Waals surface area (Å²) in [7, 11) is -1.96. The summed E-state index contributed by atoms with van der Waals surface area (Å²) in [6.07, 6.45) is 4.20. The van der Waals surface area contributed by atoms with Gasteiger partial charge in [-0.2, -0.15) is 0 Å². The van der Waals surface area contributed by atoms with E-state index in [1.54, 1.807) is 11.6 Å². The second-order valence-electron chi connectivity index (χ2n) is 4.54. The minimum atomic E-state index is -3.65. The summed E-state index contributed by atoms with van der Waals surface area (Å²) in [5, 5.41) is 8.82. The first-order chi connectivity index (χ1) is 8.38. The molecule has 2 rings (SSSR count). The third-order valence-corrected chi connectivity index (χ3v) is 4.47. The van der Waals surface area contributed by atoms with Crippen molar-refractivity contribution in [2.75, 3.05) is 0 Å². The number of carbonyl (C=O) groups is 1. The number of nitrogens with one attached hydrogen (secondary N) is 1. The summed E-state index contributed by atoms with van der Waals surface area (Å²) in [6, 6.07) is -0.321. The predicted molar refractivity (Wildman–Crippen MR) is 62.3 cm³/mol. The molecule has 8 heteroatoms. The second-order valence-corrected chi connectivity index (χ2v) is 6.20. The van der Waals surface area contributed by atoms with E-state index in [0.29, 0.717) is 19.3 Å². The zero-order valence-corrected chi connectivity index (χ0v) is 10.7. The maximum Gasteiger partial charge on any atom is 0.306 e. The Bertz CT molecular complexity index is 551. The molecule has 18 heavy (non-hydrogen) atoms. The van der Waals surface area contributed by atoms with Crippen LogP contribution in [0.4, 0.5) is 0 Å². The van der Waals surface area contributed by atoms with Crippen molar-refractivity contribution in [3.8, 4) is 0 Å². The lowest BCUT2D eigenvalue weighted by Gasteiger charge is -2.11. The van der Waals surface area contributed by atoms with E-state index < -0.39 is 21.9 Å². The molecule has 0 amide bonds. The van der Waals surface area contributed by atoms with Gasteiger partial charge in [0.25, 0.3) is 10.0 Å². The molecular formula is C10H15N3O4S. The number of hydrogen-bond donors (Lipinski definition) is 2. The zero-order chi connectivity index (χ0) is 13.3. The number of imidazole rings is 1. The molecule has 100 valence electrons. The Morgan fingerprint density at radius 2 is 2.28 bits per heavy atom. The van der Waals surface area contributed by atoms with Crippen LogP contribution >= 0.6 is 0 Å². The standard InChI is InChI=1S/C10H15N3O4S/c1-13-5-9(11-6-13)18(16,17)12-8-3-2-7(4-8)10(14)15/h5-8,12H,2-4H2,1H3,(H,14,15)/t7-,8+/m1/s1. The molecule has 0 spiro atoms. The van der Waals surface area contributed by atoms with Crippen molar-refractivity contribution in [2.45, 2.75) is 30.3 Å². The van der Waals surface area contributed by atoms with Crippen LogP contribution in [0.2, 0.25) is 0 Å². The number of aryl methyl sites for hydroxylation is 1. The highest BCUT2D eigenvalue weighted by molar-refractivity contribution is 7.89. The van der Waals surface area contributed by atoms with Gasteiger partial charge in [0.15, 0.2) is 5.03 Å². The van der Waals surface area contributed by atoms with Crippen LogP contribution in [0.5, 0.6) is 0 Å². The number of aromatic nitrogens is 2. The molecule has 1 aromatic heterocycles. The summed E-state index contributed by atoms with van der Waals surface area (Å²) >= 11 is 0. The normalized spacial score (nSPS) is 24.3. The van der Waals surface area contributed by atoms with E-state index in [4.69, 9.17) is 5.11 Å². The minimum Gasteiger partial charge on any atom is -0.481 e. The Kier molecular flexibility index (Phi) is 3.40. The number of sulfonamides is 1. The summed E-state index contributed by atoms with van der Waals surface area (Å²) in [4.78, 5) is 14.6. The van der Waals surface area contributed by atoms with Crippen LogP contribution in [0.1, 0.15) is 19.3 Å². The fourth-order valence-electron chi connectivity index (χ4n) is 2.12. The van der Waals surface area contributed by atoms with Crippen molar-refractivity contribution in [3.63, 3.8) is 0 Å². The van der Waals surface area contributed by atoms with Crippen LogP contribution in [-0.2, 0) is 21.9 Å². The smallest absolute Gasteiger partial charge is 0.306 e. The predicted octanol–water partition coefficient (Wildman–Crippen LogP) is -0.0483. The monoisotopic (exact) mass is 273 g/mol. The molecule has 0 radical (unpaired) electrons. The molecule has 0 aromatic carbocycles. The van der Waals surface area contributed by atoms with Crippen LogP contribution < -0.4 is 4.72 Å². The first-order valence-corrected chi connectivity index (χ1v) is 7.10. The Morgan fingerprint density at radius 3 is 2.78 bits per heavy atom. The first kappa shape index (κ1) is 13.0. The highest BCUT2D eigenvalue weighted by Crippen LogP contribution is 2.26. The molecule has 0 saturated heterocycles. The van der Waals surface area contributed by atoms with Gasteiger partial charge >= 0.3 is 5.97 Å². The van der Waals surface area contributed by atoms with Crippen molar-refractivity contribution < 1.29 is 18.3 Å². The van der Waals surface area contributed by atoms with E-state index in [1.165, 1.54) is 12.5 Å².